The molecular weight excluding hydrogens is 325 g/mol. The van der Waals surface area contributed by atoms with Crippen LogP contribution in [0.2, 0.25) is 0 Å². The van der Waals surface area contributed by atoms with Gasteiger partial charge in [-0.05, 0) is 24.7 Å². The Hall–Kier alpha value is -1.31. The molecule has 0 aromatic carbocycles. The second-order valence-electron chi connectivity index (χ2n) is 6.06. The third-order valence-electron chi connectivity index (χ3n) is 4.17. The molecule has 0 radical (unpaired) electrons. The molecule has 4 nitrogen and oxygen atoms in total. The highest BCUT2D eigenvalue weighted by molar-refractivity contribution is 7.09. The number of nitrogens with zero attached hydrogens (tertiary/aromatic N) is 2. The van der Waals surface area contributed by atoms with Crippen LogP contribution in [0.25, 0.3) is 0 Å². The van der Waals surface area contributed by atoms with Gasteiger partial charge in [0.1, 0.15) is 5.01 Å². The van der Waals surface area contributed by atoms with Crippen LogP contribution in [0.4, 0.5) is 13.2 Å². The molecule has 0 aliphatic heterocycles. The van der Waals surface area contributed by atoms with Gasteiger partial charge >= 0.3 is 6.18 Å². The average Bonchev–Trinajstić information content (AvgIpc) is 2.98. The summed E-state index contributed by atoms with van der Waals surface area (Å²) >= 11 is 0.999. The molecule has 130 valence electrons. The number of aliphatic imine (C=N–C) groups is 1. The number of halogens is 3. The van der Waals surface area contributed by atoms with Crippen molar-refractivity contribution in [3.8, 4) is 0 Å². The zero-order valence-electron chi connectivity index (χ0n) is 13.4. The predicted octanol–water partition coefficient (Wildman–Crippen LogP) is 3.65. The summed E-state index contributed by atoms with van der Waals surface area (Å²) in [5, 5.41) is 7.71. The molecule has 0 atom stereocenters. The normalized spacial score (nSPS) is 22.9. The molecule has 1 heterocycles. The van der Waals surface area contributed by atoms with Crippen molar-refractivity contribution in [2.75, 3.05) is 13.6 Å². The van der Waals surface area contributed by atoms with Crippen molar-refractivity contribution in [1.29, 1.82) is 0 Å². The Morgan fingerprint density at radius 2 is 2.00 bits per heavy atom. The van der Waals surface area contributed by atoms with Gasteiger partial charge in [-0.15, -0.1) is 11.3 Å². The first kappa shape index (κ1) is 18.0. The third-order valence-corrected chi connectivity index (χ3v) is 5.02. The van der Waals surface area contributed by atoms with E-state index in [1.54, 1.807) is 7.05 Å². The number of alkyl halides is 3. The van der Waals surface area contributed by atoms with Crippen molar-refractivity contribution < 1.29 is 13.2 Å². The highest BCUT2D eigenvalue weighted by atomic mass is 32.1. The smallest absolute Gasteiger partial charge is 0.356 e. The van der Waals surface area contributed by atoms with Crippen molar-refractivity contribution in [2.45, 2.75) is 45.3 Å². The van der Waals surface area contributed by atoms with E-state index in [0.29, 0.717) is 16.9 Å². The van der Waals surface area contributed by atoms with E-state index in [9.17, 15) is 13.2 Å². The maximum Gasteiger partial charge on any atom is 0.434 e. The number of aromatic nitrogens is 1. The summed E-state index contributed by atoms with van der Waals surface area (Å²) in [6.07, 6.45) is 0.571. The molecule has 1 aromatic rings. The lowest BCUT2D eigenvalue weighted by Gasteiger charge is -2.26. The molecule has 1 aliphatic rings. The van der Waals surface area contributed by atoms with Gasteiger partial charge in [0.25, 0.3) is 0 Å². The van der Waals surface area contributed by atoms with E-state index in [2.05, 4.69) is 27.5 Å². The molecule has 0 bridgehead atoms. The Bertz CT molecular complexity index is 519. The molecule has 0 amide bonds. The summed E-state index contributed by atoms with van der Waals surface area (Å²) in [4.78, 5) is 7.70. The van der Waals surface area contributed by atoms with Crippen LogP contribution < -0.4 is 10.6 Å². The summed E-state index contributed by atoms with van der Waals surface area (Å²) in [7, 11) is 1.65. The minimum absolute atomic E-state index is 0.238. The van der Waals surface area contributed by atoms with Crippen LogP contribution in [0.5, 0.6) is 0 Å². The number of hydrogen-bond acceptors (Lipinski definition) is 3. The van der Waals surface area contributed by atoms with E-state index >= 15 is 0 Å². The van der Waals surface area contributed by atoms with Gasteiger partial charge in [-0.1, -0.05) is 19.8 Å². The molecule has 0 saturated heterocycles. The van der Waals surface area contributed by atoms with Crippen molar-refractivity contribution in [3.05, 3.63) is 16.1 Å². The zero-order chi connectivity index (χ0) is 16.9. The van der Waals surface area contributed by atoms with E-state index in [4.69, 9.17) is 0 Å². The first-order valence-electron chi connectivity index (χ1n) is 7.84. The van der Waals surface area contributed by atoms with E-state index in [1.807, 2.05) is 0 Å². The topological polar surface area (TPSA) is 49.3 Å². The van der Waals surface area contributed by atoms with Gasteiger partial charge in [0.15, 0.2) is 11.7 Å². The maximum absolute atomic E-state index is 12.5. The fourth-order valence-corrected chi connectivity index (χ4v) is 3.42. The molecule has 23 heavy (non-hydrogen) atoms. The van der Waals surface area contributed by atoms with Gasteiger partial charge in [0.05, 0.1) is 6.54 Å². The molecule has 2 N–H and O–H groups in total. The van der Waals surface area contributed by atoms with Crippen LogP contribution in [0.1, 0.15) is 43.3 Å². The van der Waals surface area contributed by atoms with Crippen LogP contribution in [0.3, 0.4) is 0 Å². The largest absolute Gasteiger partial charge is 0.434 e. The standard InChI is InChI=1S/C15H23F3N4S/c1-10-3-5-11(6-4-10)7-20-14(19-2)21-8-13-22-12(9-23-13)15(16,17)18/h9-11H,3-8H2,1-2H3,(H2,19,20,21). The van der Waals surface area contributed by atoms with Gasteiger partial charge in [0, 0.05) is 19.0 Å². The molecule has 0 spiro atoms. The Labute approximate surface area is 138 Å². The van der Waals surface area contributed by atoms with Crippen molar-refractivity contribution >= 4 is 17.3 Å². The van der Waals surface area contributed by atoms with E-state index in [0.717, 1.165) is 29.2 Å². The van der Waals surface area contributed by atoms with Crippen LogP contribution in [0.15, 0.2) is 10.4 Å². The fraction of sp³-hybridized carbons (Fsp3) is 0.733. The summed E-state index contributed by atoms with van der Waals surface area (Å²) in [6, 6.07) is 0. The van der Waals surface area contributed by atoms with Crippen molar-refractivity contribution in [3.63, 3.8) is 0 Å². The number of rotatable bonds is 4. The zero-order valence-corrected chi connectivity index (χ0v) is 14.2. The Balaban J connectivity index is 1.76. The molecule has 8 heteroatoms. The number of hydrogen-bond donors (Lipinski definition) is 2. The first-order chi connectivity index (χ1) is 10.9. The summed E-state index contributed by atoms with van der Waals surface area (Å²) in [5.41, 5.74) is -0.835. The van der Waals surface area contributed by atoms with E-state index < -0.39 is 11.9 Å². The maximum atomic E-state index is 12.5. The summed E-state index contributed by atoms with van der Waals surface area (Å²) < 4.78 is 37.5. The van der Waals surface area contributed by atoms with Crippen LogP contribution in [-0.2, 0) is 12.7 Å². The monoisotopic (exact) mass is 348 g/mol. The Kier molecular flexibility index (Phi) is 6.26. The Morgan fingerprint density at radius 3 is 2.57 bits per heavy atom. The van der Waals surface area contributed by atoms with Gasteiger partial charge in [-0.25, -0.2) is 4.98 Å². The minimum atomic E-state index is -4.38. The molecular formula is C15H23F3N4S. The van der Waals surface area contributed by atoms with Crippen LogP contribution in [0, 0.1) is 11.8 Å². The quantitative estimate of drug-likeness (QED) is 0.645. The molecule has 1 aromatic heterocycles. The van der Waals surface area contributed by atoms with Crippen molar-refractivity contribution in [1.82, 2.24) is 15.6 Å². The highest BCUT2D eigenvalue weighted by Crippen LogP contribution is 2.30. The van der Waals surface area contributed by atoms with E-state index in [1.165, 1.54) is 25.7 Å². The average molecular weight is 348 g/mol. The summed E-state index contributed by atoms with van der Waals surface area (Å²) in [5.74, 6) is 2.06. The Morgan fingerprint density at radius 1 is 1.30 bits per heavy atom. The van der Waals surface area contributed by atoms with Crippen LogP contribution in [-0.4, -0.2) is 24.5 Å². The third kappa shape index (κ3) is 5.67. The second kappa shape index (κ2) is 7.99. The second-order valence-corrected chi connectivity index (χ2v) is 7.00. The minimum Gasteiger partial charge on any atom is -0.356 e. The fourth-order valence-electron chi connectivity index (χ4n) is 2.68. The first-order valence-corrected chi connectivity index (χ1v) is 8.72. The lowest BCUT2D eigenvalue weighted by atomic mass is 9.83. The highest BCUT2D eigenvalue weighted by Gasteiger charge is 2.33. The number of guanidine groups is 1. The lowest BCUT2D eigenvalue weighted by molar-refractivity contribution is -0.140. The molecule has 0 unspecified atom stereocenters. The molecule has 2 rings (SSSR count). The van der Waals surface area contributed by atoms with Gasteiger partial charge < -0.3 is 10.6 Å². The number of nitrogens with one attached hydrogen (secondary N) is 2. The molecule has 1 fully saturated rings. The van der Waals surface area contributed by atoms with Gasteiger partial charge in [-0.2, -0.15) is 13.2 Å². The SMILES string of the molecule is CN=C(NCc1nc(C(F)(F)F)cs1)NCC1CCC(C)CC1. The number of thiazole rings is 1. The van der Waals surface area contributed by atoms with Gasteiger partial charge in [-0.3, -0.25) is 4.99 Å². The van der Waals surface area contributed by atoms with E-state index in [-0.39, 0.29) is 6.54 Å². The van der Waals surface area contributed by atoms with Crippen molar-refractivity contribution in [2.24, 2.45) is 16.8 Å². The summed E-state index contributed by atoms with van der Waals surface area (Å²) in [6.45, 7) is 3.37. The van der Waals surface area contributed by atoms with Crippen LogP contribution >= 0.6 is 11.3 Å². The molecule has 1 saturated carbocycles. The lowest BCUT2D eigenvalue weighted by Crippen LogP contribution is -2.40. The predicted molar refractivity (Wildman–Crippen MR) is 86.4 cm³/mol. The molecule has 1 aliphatic carbocycles. The van der Waals surface area contributed by atoms with Gasteiger partial charge in [0.2, 0.25) is 0 Å².